The predicted octanol–water partition coefficient (Wildman–Crippen LogP) is 3.52. The summed E-state index contributed by atoms with van der Waals surface area (Å²) >= 11 is 0. The average Bonchev–Trinajstić information content (AvgIpc) is 3.49. The van der Waals surface area contributed by atoms with Gasteiger partial charge in [-0.3, -0.25) is 4.84 Å². The molecule has 11 nitrogen and oxygen atoms in total. The number of amides is 1. The Hall–Kier alpha value is -3.19. The van der Waals surface area contributed by atoms with Crippen LogP contribution in [0.15, 0.2) is 53.4 Å². The van der Waals surface area contributed by atoms with Crippen LogP contribution in [0.4, 0.5) is 10.7 Å². The Bertz CT molecular complexity index is 1410. The van der Waals surface area contributed by atoms with E-state index in [1.54, 1.807) is 38.5 Å². The molecule has 1 saturated carbocycles. The molecule has 1 aliphatic carbocycles. The minimum Gasteiger partial charge on any atom is -0.444 e. The number of alkyl carbamates (subject to hydrolysis) is 1. The zero-order valence-electron chi connectivity index (χ0n) is 23.4. The Morgan fingerprint density at radius 2 is 1.88 bits per heavy atom. The van der Waals surface area contributed by atoms with E-state index >= 15 is 0 Å². The Kier molecular flexibility index (Phi) is 9.03. The third kappa shape index (κ3) is 7.30. The van der Waals surface area contributed by atoms with E-state index in [1.165, 1.54) is 12.1 Å². The molecule has 218 valence electrons. The number of aliphatic hydroxyl groups excluding tert-OH is 1. The summed E-state index contributed by atoms with van der Waals surface area (Å²) in [5.41, 5.74) is 7.13. The molecule has 1 aromatic heterocycles. The number of rotatable bonds is 10. The van der Waals surface area contributed by atoms with Gasteiger partial charge in [-0.15, -0.1) is 0 Å². The summed E-state index contributed by atoms with van der Waals surface area (Å²) in [4.78, 5) is 22.9. The molecule has 2 aromatic carbocycles. The Labute approximate surface area is 235 Å². The van der Waals surface area contributed by atoms with Crippen molar-refractivity contribution < 1.29 is 27.9 Å². The number of nitrogens with two attached hydrogens (primary N) is 1. The maximum atomic E-state index is 13.9. The first-order valence-electron chi connectivity index (χ1n) is 13.5. The van der Waals surface area contributed by atoms with Crippen LogP contribution in [0.2, 0.25) is 0 Å². The smallest absolute Gasteiger partial charge is 0.407 e. The van der Waals surface area contributed by atoms with Gasteiger partial charge in [0.25, 0.3) is 10.0 Å². The van der Waals surface area contributed by atoms with Gasteiger partial charge in [0, 0.05) is 7.05 Å². The molecular formula is C28H39N5O6S. The Morgan fingerprint density at radius 1 is 1.20 bits per heavy atom. The summed E-state index contributed by atoms with van der Waals surface area (Å²) in [5.74, 6) is 0.260. The van der Waals surface area contributed by atoms with Crippen molar-refractivity contribution in [2.75, 3.05) is 12.3 Å². The van der Waals surface area contributed by atoms with E-state index in [0.717, 1.165) is 22.9 Å². The third-order valence-corrected chi connectivity index (χ3v) is 8.44. The average molecular weight is 574 g/mol. The van der Waals surface area contributed by atoms with Gasteiger partial charge in [0.05, 0.1) is 40.7 Å². The van der Waals surface area contributed by atoms with E-state index in [0.29, 0.717) is 23.9 Å². The summed E-state index contributed by atoms with van der Waals surface area (Å²) in [6.45, 7) is 4.82. The number of hydrogen-bond acceptors (Lipinski definition) is 8. The van der Waals surface area contributed by atoms with Crippen molar-refractivity contribution in [1.29, 1.82) is 0 Å². The first-order valence-corrected chi connectivity index (χ1v) is 14.9. The number of carbonyl (C=O) groups excluding carboxylic acids is 1. The second kappa shape index (κ2) is 12.1. The van der Waals surface area contributed by atoms with E-state index in [-0.39, 0.29) is 23.4 Å². The molecule has 1 heterocycles. The standard InChI is InChI=1S/C28H39N5O6S/c1-28(2,3)38-27(35)31-23(16-19-10-6-5-7-11-19)25(34)18-33(39-20-12-8-9-13-20)40(36,37)21-14-15-24-22(17-21)30-26(29)32(24)4/h5-7,10-11,14-15,17,20,23,25,34H,8-9,12-13,16,18H2,1-4H3,(H2,29,30)(H,31,35). The molecule has 0 saturated heterocycles. The molecule has 4 rings (SSSR count). The molecule has 12 heteroatoms. The highest BCUT2D eigenvalue weighted by molar-refractivity contribution is 7.89. The number of aryl methyl sites for hydroxylation is 1. The second-order valence-corrected chi connectivity index (χ2v) is 13.0. The summed E-state index contributed by atoms with van der Waals surface area (Å²) in [5, 5.41) is 14.1. The molecule has 0 radical (unpaired) electrons. The van der Waals surface area contributed by atoms with E-state index in [1.807, 2.05) is 30.3 Å². The minimum absolute atomic E-state index is 0.0389. The Balaban J connectivity index is 1.63. The number of carbonyl (C=O) groups is 1. The van der Waals surface area contributed by atoms with E-state index in [9.17, 15) is 18.3 Å². The molecule has 0 bridgehead atoms. The van der Waals surface area contributed by atoms with Crippen LogP contribution in [0.25, 0.3) is 11.0 Å². The molecule has 1 amide bonds. The van der Waals surface area contributed by atoms with Gasteiger partial charge < -0.3 is 25.5 Å². The van der Waals surface area contributed by atoms with Crippen LogP contribution in [0.3, 0.4) is 0 Å². The highest BCUT2D eigenvalue weighted by atomic mass is 32.2. The summed E-state index contributed by atoms with van der Waals surface area (Å²) in [6, 6.07) is 13.0. The molecule has 2 unspecified atom stereocenters. The number of sulfonamides is 1. The SMILES string of the molecule is Cn1c(N)nc2cc(S(=O)(=O)N(CC(O)C(Cc3ccccc3)NC(=O)OC(C)(C)C)OC3CCCC3)ccc21. The van der Waals surface area contributed by atoms with Crippen molar-refractivity contribution >= 4 is 33.1 Å². The van der Waals surface area contributed by atoms with Crippen molar-refractivity contribution in [2.24, 2.45) is 7.05 Å². The van der Waals surface area contributed by atoms with Crippen LogP contribution in [0, 0.1) is 0 Å². The minimum atomic E-state index is -4.23. The van der Waals surface area contributed by atoms with Crippen LogP contribution < -0.4 is 11.1 Å². The van der Waals surface area contributed by atoms with Crippen molar-refractivity contribution in [1.82, 2.24) is 19.3 Å². The largest absolute Gasteiger partial charge is 0.444 e. The number of fused-ring (bicyclic) bond motifs is 1. The van der Waals surface area contributed by atoms with Gasteiger partial charge in [-0.2, -0.15) is 0 Å². The quantitative estimate of drug-likeness (QED) is 0.312. The molecule has 4 N–H and O–H groups in total. The number of nitrogen functional groups attached to an aromatic ring is 1. The molecule has 3 aromatic rings. The number of nitrogens with zero attached hydrogens (tertiary/aromatic N) is 3. The van der Waals surface area contributed by atoms with Gasteiger partial charge >= 0.3 is 6.09 Å². The fourth-order valence-electron chi connectivity index (χ4n) is 4.72. The van der Waals surface area contributed by atoms with E-state index < -0.39 is 40.4 Å². The van der Waals surface area contributed by atoms with Gasteiger partial charge in [0.15, 0.2) is 0 Å². The van der Waals surface area contributed by atoms with Crippen molar-refractivity contribution in [3.05, 3.63) is 54.1 Å². The molecule has 2 atom stereocenters. The molecule has 1 fully saturated rings. The topological polar surface area (TPSA) is 149 Å². The third-order valence-electron chi connectivity index (χ3n) is 6.82. The first-order chi connectivity index (χ1) is 18.8. The molecule has 40 heavy (non-hydrogen) atoms. The summed E-state index contributed by atoms with van der Waals surface area (Å²) < 4.78 is 35.7. The van der Waals surface area contributed by atoms with Crippen LogP contribution in [0.1, 0.15) is 52.0 Å². The van der Waals surface area contributed by atoms with Crippen LogP contribution >= 0.6 is 0 Å². The highest BCUT2D eigenvalue weighted by Gasteiger charge is 2.35. The van der Waals surface area contributed by atoms with Gasteiger partial charge in [-0.1, -0.05) is 47.6 Å². The lowest BCUT2D eigenvalue weighted by molar-refractivity contribution is -0.145. The maximum absolute atomic E-state index is 13.9. The van der Waals surface area contributed by atoms with Crippen molar-refractivity contribution in [3.8, 4) is 0 Å². The monoisotopic (exact) mass is 573 g/mol. The zero-order valence-corrected chi connectivity index (χ0v) is 24.2. The molecule has 0 aliphatic heterocycles. The van der Waals surface area contributed by atoms with Crippen molar-refractivity contribution in [3.63, 3.8) is 0 Å². The number of aliphatic hydroxyl groups is 1. The number of aromatic nitrogens is 2. The number of imidazole rings is 1. The normalized spacial score (nSPS) is 16.4. The number of hydroxylamine groups is 1. The number of ether oxygens (including phenoxy) is 1. The van der Waals surface area contributed by atoms with Gasteiger partial charge in [0.1, 0.15) is 5.60 Å². The maximum Gasteiger partial charge on any atom is 0.407 e. The molecule has 0 spiro atoms. The summed E-state index contributed by atoms with van der Waals surface area (Å²) in [7, 11) is -2.48. The number of benzene rings is 2. The lowest BCUT2D eigenvalue weighted by atomic mass is 10.0. The van der Waals surface area contributed by atoms with E-state index in [4.69, 9.17) is 15.3 Å². The van der Waals surface area contributed by atoms with Crippen LogP contribution in [-0.2, 0) is 33.1 Å². The predicted molar refractivity (Wildman–Crippen MR) is 152 cm³/mol. The Morgan fingerprint density at radius 3 is 2.52 bits per heavy atom. The van der Waals surface area contributed by atoms with E-state index in [2.05, 4.69) is 10.3 Å². The lowest BCUT2D eigenvalue weighted by Crippen LogP contribution is -2.51. The number of nitrogens with one attached hydrogen (secondary N) is 1. The van der Waals surface area contributed by atoms with Gasteiger partial charge in [-0.05, 0) is 63.8 Å². The van der Waals surface area contributed by atoms with Crippen LogP contribution in [-0.4, -0.2) is 64.0 Å². The number of hydrogen-bond donors (Lipinski definition) is 3. The second-order valence-electron chi connectivity index (χ2n) is 11.2. The van der Waals surface area contributed by atoms with Gasteiger partial charge in [-0.25, -0.2) is 18.2 Å². The van der Waals surface area contributed by atoms with Crippen molar-refractivity contribution in [2.45, 2.75) is 81.6 Å². The molecular weight excluding hydrogens is 534 g/mol. The lowest BCUT2D eigenvalue weighted by Gasteiger charge is -2.31. The fourth-order valence-corrected chi connectivity index (χ4v) is 6.04. The number of anilines is 1. The highest BCUT2D eigenvalue weighted by Crippen LogP contribution is 2.28. The van der Waals surface area contributed by atoms with Crippen LogP contribution in [0.5, 0.6) is 0 Å². The summed E-state index contributed by atoms with van der Waals surface area (Å²) in [6.07, 6.45) is 1.19. The molecule has 1 aliphatic rings. The van der Waals surface area contributed by atoms with Gasteiger partial charge in [0.2, 0.25) is 5.95 Å². The zero-order chi connectivity index (χ0) is 29.1. The fraction of sp³-hybridized carbons (Fsp3) is 0.500. The first kappa shape index (κ1) is 29.8.